The Kier molecular flexibility index (Phi) is 7.02. The summed E-state index contributed by atoms with van der Waals surface area (Å²) in [5.41, 5.74) is 1.95. The summed E-state index contributed by atoms with van der Waals surface area (Å²) in [4.78, 5) is 11.6. The molecule has 31 heavy (non-hydrogen) atoms. The van der Waals surface area contributed by atoms with E-state index in [1.807, 2.05) is 6.92 Å². The third-order valence-corrected chi connectivity index (χ3v) is 8.06. The van der Waals surface area contributed by atoms with Crippen LogP contribution in [-0.2, 0) is 10.2 Å². The third-order valence-electron chi connectivity index (χ3n) is 6.47. The fraction of sp³-hybridized carbons (Fsp3) is 0.619. The van der Waals surface area contributed by atoms with E-state index in [1.165, 1.54) is 10.4 Å². The van der Waals surface area contributed by atoms with Crippen molar-refractivity contribution < 1.29 is 17.2 Å². The molecule has 0 unspecified atom stereocenters. The van der Waals surface area contributed by atoms with Gasteiger partial charge in [0, 0.05) is 19.0 Å². The van der Waals surface area contributed by atoms with Crippen molar-refractivity contribution in [2.45, 2.75) is 59.4 Å². The molecular formula is C21H31FN4O4S. The number of nitrogens with zero attached hydrogens (tertiary/aromatic N) is 2. The molecule has 1 fully saturated rings. The molecule has 0 radical (unpaired) electrons. The Labute approximate surface area is 182 Å². The maximum Gasteiger partial charge on any atom is 0.434 e. The lowest BCUT2D eigenvalue weighted by Gasteiger charge is -2.34. The van der Waals surface area contributed by atoms with Gasteiger partial charge in [0.15, 0.2) is 0 Å². The van der Waals surface area contributed by atoms with E-state index in [4.69, 9.17) is 4.42 Å². The average Bonchev–Trinajstić information content (AvgIpc) is 3.15. The van der Waals surface area contributed by atoms with Gasteiger partial charge in [0.25, 0.3) is 10.2 Å². The van der Waals surface area contributed by atoms with Gasteiger partial charge < -0.3 is 4.42 Å². The smallest absolute Gasteiger partial charge is 0.391 e. The highest BCUT2D eigenvalue weighted by Crippen LogP contribution is 2.35. The van der Waals surface area contributed by atoms with E-state index >= 15 is 0 Å². The van der Waals surface area contributed by atoms with E-state index in [0.717, 1.165) is 18.4 Å². The number of nitrogens with one attached hydrogen (secondary N) is 2. The summed E-state index contributed by atoms with van der Waals surface area (Å²) in [6.45, 7) is 10.4. The summed E-state index contributed by atoms with van der Waals surface area (Å²) >= 11 is 0. The summed E-state index contributed by atoms with van der Waals surface area (Å²) in [6, 6.07) is 1.98. The van der Waals surface area contributed by atoms with Gasteiger partial charge in [-0.25, -0.2) is 14.3 Å². The highest BCUT2D eigenvalue weighted by atomic mass is 32.2. The Hall–Kier alpha value is -2.04. The Morgan fingerprint density at radius 2 is 1.87 bits per heavy atom. The van der Waals surface area contributed by atoms with Gasteiger partial charge in [-0.15, -0.1) is 5.10 Å². The number of aromatic nitrogens is 2. The molecule has 1 aromatic carbocycles. The summed E-state index contributed by atoms with van der Waals surface area (Å²) in [5, 5.41) is 6.00. The minimum Gasteiger partial charge on any atom is -0.391 e. The number of piperidine rings is 1. The monoisotopic (exact) mass is 454 g/mol. The first-order valence-electron chi connectivity index (χ1n) is 10.6. The van der Waals surface area contributed by atoms with Gasteiger partial charge in [0.05, 0.1) is 0 Å². The standard InChI is InChI=1S/C21H31FN4O4S/c1-12(2)16-8-10-26(11-9-16)31(28,29)25-19(20-23-24-21(27)30-20)15(5)18-14(4)13(3)6-7-17(18)22/h6-7,12,15-16,19,25H,8-11H2,1-5H3,(H,24,27)/t15-,19+/m1/s1. The van der Waals surface area contributed by atoms with Crippen LogP contribution >= 0.6 is 0 Å². The second kappa shape index (κ2) is 9.22. The lowest BCUT2D eigenvalue weighted by Crippen LogP contribution is -2.47. The molecule has 1 aliphatic rings. The van der Waals surface area contributed by atoms with Gasteiger partial charge in [-0.1, -0.05) is 26.8 Å². The lowest BCUT2D eigenvalue weighted by atomic mass is 9.87. The van der Waals surface area contributed by atoms with E-state index in [-0.39, 0.29) is 5.89 Å². The zero-order valence-corrected chi connectivity index (χ0v) is 19.4. The molecule has 1 saturated heterocycles. The minimum absolute atomic E-state index is 0.126. The molecule has 0 spiro atoms. The largest absolute Gasteiger partial charge is 0.434 e. The highest BCUT2D eigenvalue weighted by molar-refractivity contribution is 7.87. The van der Waals surface area contributed by atoms with Crippen molar-refractivity contribution in [2.24, 2.45) is 11.8 Å². The number of benzene rings is 1. The number of aryl methyl sites for hydroxylation is 1. The van der Waals surface area contributed by atoms with E-state index < -0.39 is 33.7 Å². The van der Waals surface area contributed by atoms with Crippen molar-refractivity contribution in [1.82, 2.24) is 19.2 Å². The molecule has 1 aliphatic heterocycles. The molecule has 3 rings (SSSR count). The highest BCUT2D eigenvalue weighted by Gasteiger charge is 2.36. The summed E-state index contributed by atoms with van der Waals surface area (Å²) in [6.07, 6.45) is 1.56. The minimum atomic E-state index is -3.91. The summed E-state index contributed by atoms with van der Waals surface area (Å²) in [7, 11) is -3.91. The van der Waals surface area contributed by atoms with Gasteiger partial charge in [-0.2, -0.15) is 17.4 Å². The first-order chi connectivity index (χ1) is 14.5. The normalized spacial score (nSPS) is 18.4. The molecule has 0 amide bonds. The molecule has 2 aromatic rings. The van der Waals surface area contributed by atoms with Crippen molar-refractivity contribution in [3.8, 4) is 0 Å². The molecule has 0 aliphatic carbocycles. The van der Waals surface area contributed by atoms with Crippen LogP contribution in [0.2, 0.25) is 0 Å². The molecule has 0 bridgehead atoms. The van der Waals surface area contributed by atoms with Crippen LogP contribution < -0.4 is 10.5 Å². The maximum atomic E-state index is 14.8. The Morgan fingerprint density at radius 1 is 1.23 bits per heavy atom. The molecule has 2 N–H and O–H groups in total. The molecule has 0 saturated carbocycles. The molecule has 10 heteroatoms. The first-order valence-corrected chi connectivity index (χ1v) is 12.0. The van der Waals surface area contributed by atoms with E-state index in [0.29, 0.717) is 36.1 Å². The van der Waals surface area contributed by atoms with Gasteiger partial charge in [0.2, 0.25) is 5.89 Å². The van der Waals surface area contributed by atoms with Crippen LogP contribution in [0.3, 0.4) is 0 Å². The van der Waals surface area contributed by atoms with Crippen LogP contribution in [0.5, 0.6) is 0 Å². The van der Waals surface area contributed by atoms with E-state index in [1.54, 1.807) is 19.9 Å². The van der Waals surface area contributed by atoms with Crippen LogP contribution in [0.25, 0.3) is 0 Å². The topological polar surface area (TPSA) is 108 Å². The van der Waals surface area contributed by atoms with Gasteiger partial charge in [0.1, 0.15) is 11.9 Å². The van der Waals surface area contributed by atoms with Crippen LogP contribution in [0.4, 0.5) is 4.39 Å². The second-order valence-corrected chi connectivity index (χ2v) is 10.4. The SMILES string of the molecule is Cc1ccc(F)c([C@@H](C)[C@H](NS(=O)(=O)N2CCC(C(C)C)CC2)c2n[nH]c(=O)o2)c1C. The predicted octanol–water partition coefficient (Wildman–Crippen LogP) is 3.17. The molecule has 1 aromatic heterocycles. The van der Waals surface area contributed by atoms with Crippen LogP contribution in [0, 0.1) is 31.5 Å². The quantitative estimate of drug-likeness (QED) is 0.668. The number of hydrogen-bond acceptors (Lipinski definition) is 5. The fourth-order valence-corrected chi connectivity index (χ4v) is 5.76. The van der Waals surface area contributed by atoms with E-state index in [2.05, 4.69) is 28.8 Å². The van der Waals surface area contributed by atoms with E-state index in [9.17, 15) is 17.6 Å². The predicted molar refractivity (Wildman–Crippen MR) is 115 cm³/mol. The molecule has 8 nitrogen and oxygen atoms in total. The zero-order valence-electron chi connectivity index (χ0n) is 18.6. The maximum absolute atomic E-state index is 14.8. The van der Waals surface area contributed by atoms with Crippen LogP contribution in [0.15, 0.2) is 21.3 Å². The van der Waals surface area contributed by atoms with Gasteiger partial charge in [-0.05, 0) is 61.3 Å². The average molecular weight is 455 g/mol. The molecule has 2 heterocycles. The van der Waals surface area contributed by atoms with Crippen molar-refractivity contribution in [3.05, 3.63) is 51.1 Å². The Morgan fingerprint density at radius 3 is 2.42 bits per heavy atom. The van der Waals surface area contributed by atoms with Crippen LogP contribution in [0.1, 0.15) is 68.2 Å². The number of aromatic amines is 1. The number of hydrogen-bond donors (Lipinski definition) is 2. The first kappa shape index (κ1) is 23.6. The van der Waals surface area contributed by atoms with Gasteiger partial charge in [-0.3, -0.25) is 0 Å². The lowest BCUT2D eigenvalue weighted by molar-refractivity contribution is 0.223. The van der Waals surface area contributed by atoms with Crippen molar-refractivity contribution >= 4 is 10.2 Å². The van der Waals surface area contributed by atoms with Crippen molar-refractivity contribution in [2.75, 3.05) is 13.1 Å². The van der Waals surface area contributed by atoms with Crippen molar-refractivity contribution in [3.63, 3.8) is 0 Å². The van der Waals surface area contributed by atoms with Crippen LogP contribution in [-0.4, -0.2) is 36.0 Å². The van der Waals surface area contributed by atoms with Gasteiger partial charge >= 0.3 is 5.76 Å². The zero-order chi connectivity index (χ0) is 22.9. The number of rotatable bonds is 7. The Bertz CT molecular complexity index is 1070. The Balaban J connectivity index is 1.92. The summed E-state index contributed by atoms with van der Waals surface area (Å²) in [5.74, 6) is -1.07. The number of H-pyrrole nitrogens is 1. The van der Waals surface area contributed by atoms with Crippen molar-refractivity contribution in [1.29, 1.82) is 0 Å². The third kappa shape index (κ3) is 5.07. The number of halogens is 1. The molecule has 2 atom stereocenters. The molecule has 172 valence electrons. The fourth-order valence-electron chi connectivity index (χ4n) is 4.29. The summed E-state index contributed by atoms with van der Waals surface area (Å²) < 4.78 is 50.3. The molecular weight excluding hydrogens is 423 g/mol. The second-order valence-electron chi connectivity index (χ2n) is 8.72.